The molecule has 0 spiro atoms. The van der Waals surface area contributed by atoms with Gasteiger partial charge < -0.3 is 5.32 Å². The lowest BCUT2D eigenvalue weighted by atomic mass is 10.1. The topological polar surface area (TPSA) is 70.6 Å². The zero-order valence-corrected chi connectivity index (χ0v) is 15.1. The Morgan fingerprint density at radius 3 is 2.46 bits per heavy atom. The Morgan fingerprint density at radius 1 is 1.08 bits per heavy atom. The van der Waals surface area contributed by atoms with Gasteiger partial charge in [-0.15, -0.1) is 0 Å². The summed E-state index contributed by atoms with van der Waals surface area (Å²) in [5.41, 5.74) is 5.92. The molecule has 2 N–H and O–H groups in total. The quantitative estimate of drug-likeness (QED) is 0.611. The number of rotatable bonds is 5. The van der Waals surface area contributed by atoms with Gasteiger partial charge in [0.05, 0.1) is 12.8 Å². The normalized spacial score (nSPS) is 10.6. The highest BCUT2D eigenvalue weighted by molar-refractivity contribution is 9.10. The summed E-state index contributed by atoms with van der Waals surface area (Å²) in [5.74, 6) is -0.675. The van der Waals surface area contributed by atoms with Crippen molar-refractivity contribution in [1.82, 2.24) is 10.7 Å². The third-order valence-corrected chi connectivity index (χ3v) is 3.98. The lowest BCUT2D eigenvalue weighted by Gasteiger charge is -2.06. The first kappa shape index (κ1) is 17.9. The molecule has 2 aromatic rings. The Labute approximate surface area is 149 Å². The summed E-state index contributed by atoms with van der Waals surface area (Å²) in [6.45, 7) is 3.78. The van der Waals surface area contributed by atoms with Crippen LogP contribution in [0.15, 0.2) is 52.0 Å². The minimum absolute atomic E-state index is 0.135. The van der Waals surface area contributed by atoms with Gasteiger partial charge in [-0.25, -0.2) is 5.43 Å². The molecule has 0 heterocycles. The fourth-order valence-electron chi connectivity index (χ4n) is 1.91. The van der Waals surface area contributed by atoms with Gasteiger partial charge in [-0.05, 0) is 54.8 Å². The molecular formula is C18H18BrN3O2. The van der Waals surface area contributed by atoms with Crippen LogP contribution in [-0.4, -0.2) is 24.6 Å². The van der Waals surface area contributed by atoms with Gasteiger partial charge in [-0.2, -0.15) is 5.10 Å². The first-order valence-electron chi connectivity index (χ1n) is 7.38. The smallest absolute Gasteiger partial charge is 0.259 e. The highest BCUT2D eigenvalue weighted by atomic mass is 79.9. The van der Waals surface area contributed by atoms with E-state index in [1.807, 2.05) is 44.2 Å². The molecule has 0 saturated carbocycles. The van der Waals surface area contributed by atoms with Gasteiger partial charge in [0.2, 0.25) is 0 Å². The average Bonchev–Trinajstić information content (AvgIpc) is 2.57. The van der Waals surface area contributed by atoms with Gasteiger partial charge >= 0.3 is 0 Å². The molecule has 2 rings (SSSR count). The third kappa shape index (κ3) is 5.31. The third-order valence-electron chi connectivity index (χ3n) is 3.45. The average molecular weight is 388 g/mol. The number of hydrogen-bond donors (Lipinski definition) is 2. The Balaban J connectivity index is 1.81. The highest BCUT2D eigenvalue weighted by Crippen LogP contribution is 2.10. The van der Waals surface area contributed by atoms with Crippen molar-refractivity contribution in [2.24, 2.45) is 5.10 Å². The van der Waals surface area contributed by atoms with Crippen molar-refractivity contribution in [2.45, 2.75) is 13.8 Å². The predicted molar refractivity (Wildman–Crippen MR) is 98.1 cm³/mol. The van der Waals surface area contributed by atoms with Crippen molar-refractivity contribution in [1.29, 1.82) is 0 Å². The molecule has 0 aliphatic rings. The second-order valence-corrected chi connectivity index (χ2v) is 6.24. The van der Waals surface area contributed by atoms with Crippen molar-refractivity contribution < 1.29 is 9.59 Å². The van der Waals surface area contributed by atoms with Gasteiger partial charge in [0, 0.05) is 10.0 Å². The minimum atomic E-state index is -0.388. The summed E-state index contributed by atoms with van der Waals surface area (Å²) >= 11 is 3.34. The maximum Gasteiger partial charge on any atom is 0.259 e. The second-order valence-electron chi connectivity index (χ2n) is 5.33. The van der Waals surface area contributed by atoms with E-state index in [1.54, 1.807) is 12.1 Å². The first-order chi connectivity index (χ1) is 11.5. The van der Waals surface area contributed by atoms with Crippen molar-refractivity contribution in [3.8, 4) is 0 Å². The summed E-state index contributed by atoms with van der Waals surface area (Å²) in [7, 11) is 0. The lowest BCUT2D eigenvalue weighted by molar-refractivity contribution is -0.120. The molecule has 6 heteroatoms. The monoisotopic (exact) mass is 387 g/mol. The maximum atomic E-state index is 12.0. The molecule has 0 aromatic heterocycles. The van der Waals surface area contributed by atoms with Crippen LogP contribution in [0, 0.1) is 13.8 Å². The Kier molecular flexibility index (Phi) is 6.26. The molecular weight excluding hydrogens is 370 g/mol. The Morgan fingerprint density at radius 2 is 1.79 bits per heavy atom. The van der Waals surface area contributed by atoms with Crippen LogP contribution in [-0.2, 0) is 4.79 Å². The molecule has 24 heavy (non-hydrogen) atoms. The van der Waals surface area contributed by atoms with E-state index in [9.17, 15) is 9.59 Å². The van der Waals surface area contributed by atoms with Gasteiger partial charge in [0.25, 0.3) is 11.8 Å². The number of carbonyl (C=O) groups is 2. The molecule has 0 aliphatic carbocycles. The van der Waals surface area contributed by atoms with Crippen LogP contribution in [0.5, 0.6) is 0 Å². The van der Waals surface area contributed by atoms with Crippen LogP contribution in [0.4, 0.5) is 0 Å². The van der Waals surface area contributed by atoms with Crippen LogP contribution in [0.3, 0.4) is 0 Å². The summed E-state index contributed by atoms with van der Waals surface area (Å²) in [5, 5.41) is 6.43. The molecule has 0 radical (unpaired) electrons. The molecule has 124 valence electrons. The second kappa shape index (κ2) is 8.40. The molecule has 0 fully saturated rings. The van der Waals surface area contributed by atoms with E-state index in [4.69, 9.17) is 0 Å². The SMILES string of the molecule is Cc1ccc(C(=O)NCC(=O)N/N=C/c2ccc(Br)cc2)cc1C. The Bertz CT molecular complexity index is 770. The van der Waals surface area contributed by atoms with Gasteiger partial charge in [-0.3, -0.25) is 9.59 Å². The largest absolute Gasteiger partial charge is 0.343 e. The van der Waals surface area contributed by atoms with E-state index >= 15 is 0 Å². The molecule has 0 atom stereocenters. The van der Waals surface area contributed by atoms with E-state index in [0.29, 0.717) is 5.56 Å². The molecule has 2 aromatic carbocycles. The van der Waals surface area contributed by atoms with Crippen molar-refractivity contribution in [3.05, 3.63) is 69.2 Å². The standard InChI is InChI=1S/C18H18BrN3O2/c1-12-3-6-15(9-13(12)2)18(24)20-11-17(23)22-21-10-14-4-7-16(19)8-5-14/h3-10H,11H2,1-2H3,(H,20,24)(H,22,23)/b21-10+. The fourth-order valence-corrected chi connectivity index (χ4v) is 2.18. The van der Waals surface area contributed by atoms with Crippen LogP contribution in [0.25, 0.3) is 0 Å². The highest BCUT2D eigenvalue weighted by Gasteiger charge is 2.08. The fraction of sp³-hybridized carbons (Fsp3) is 0.167. The minimum Gasteiger partial charge on any atom is -0.343 e. The van der Waals surface area contributed by atoms with Crippen LogP contribution in [0.2, 0.25) is 0 Å². The van der Waals surface area contributed by atoms with Crippen molar-refractivity contribution in [3.63, 3.8) is 0 Å². The molecule has 2 amide bonds. The summed E-state index contributed by atoms with van der Waals surface area (Å²) in [4.78, 5) is 23.7. The first-order valence-corrected chi connectivity index (χ1v) is 8.18. The summed E-state index contributed by atoms with van der Waals surface area (Å²) in [6.07, 6.45) is 1.54. The molecule has 0 saturated heterocycles. The molecule has 0 aliphatic heterocycles. The van der Waals surface area contributed by atoms with Gasteiger partial charge in [-0.1, -0.05) is 34.1 Å². The van der Waals surface area contributed by atoms with Crippen molar-refractivity contribution >= 4 is 34.0 Å². The van der Waals surface area contributed by atoms with Crippen LogP contribution in [0.1, 0.15) is 27.0 Å². The van der Waals surface area contributed by atoms with Crippen molar-refractivity contribution in [2.75, 3.05) is 6.54 Å². The number of hydrogen-bond acceptors (Lipinski definition) is 3. The van der Waals surface area contributed by atoms with E-state index < -0.39 is 0 Å². The number of halogens is 1. The van der Waals surface area contributed by atoms with Gasteiger partial charge in [0.15, 0.2) is 0 Å². The number of amides is 2. The van der Waals surface area contributed by atoms with Gasteiger partial charge in [0.1, 0.15) is 0 Å². The number of aryl methyl sites for hydroxylation is 2. The van der Waals surface area contributed by atoms with E-state index in [0.717, 1.165) is 21.2 Å². The molecule has 0 unspecified atom stereocenters. The van der Waals surface area contributed by atoms with Crippen LogP contribution >= 0.6 is 15.9 Å². The summed E-state index contributed by atoms with van der Waals surface area (Å²) in [6, 6.07) is 12.9. The molecule has 5 nitrogen and oxygen atoms in total. The number of carbonyl (C=O) groups excluding carboxylic acids is 2. The predicted octanol–water partition coefficient (Wildman–Crippen LogP) is 2.95. The zero-order chi connectivity index (χ0) is 17.5. The Hall–Kier alpha value is -2.47. The number of nitrogens with one attached hydrogen (secondary N) is 2. The maximum absolute atomic E-state index is 12.0. The number of hydrazone groups is 1. The van der Waals surface area contributed by atoms with E-state index in [1.165, 1.54) is 6.21 Å². The van der Waals surface area contributed by atoms with Crippen LogP contribution < -0.4 is 10.7 Å². The van der Waals surface area contributed by atoms with E-state index in [-0.39, 0.29) is 18.4 Å². The zero-order valence-electron chi connectivity index (χ0n) is 13.5. The number of benzene rings is 2. The number of nitrogens with zero attached hydrogens (tertiary/aromatic N) is 1. The summed E-state index contributed by atoms with van der Waals surface area (Å²) < 4.78 is 0.970. The van der Waals surface area contributed by atoms with E-state index in [2.05, 4.69) is 31.8 Å². The lowest BCUT2D eigenvalue weighted by Crippen LogP contribution is -2.34. The molecule has 0 bridgehead atoms.